The average molecular weight is 433 g/mol. The molecule has 3 N–H and O–H groups in total. The third-order valence-corrected chi connectivity index (χ3v) is 6.10. The number of aromatic nitrogens is 2. The van der Waals surface area contributed by atoms with Crippen molar-refractivity contribution in [3.05, 3.63) is 53.4 Å². The number of hydrogen-bond donors (Lipinski definition) is 3. The summed E-state index contributed by atoms with van der Waals surface area (Å²) in [6.45, 7) is 1.55. The zero-order valence-corrected chi connectivity index (χ0v) is 16.6. The monoisotopic (exact) mass is 433 g/mol. The fraction of sp³-hybridized carbons (Fsp3) is 0.176. The third kappa shape index (κ3) is 4.60. The molecule has 0 spiro atoms. The van der Waals surface area contributed by atoms with Crippen molar-refractivity contribution >= 4 is 38.1 Å². The molecule has 0 bridgehead atoms. The van der Waals surface area contributed by atoms with Gasteiger partial charge in [-0.05, 0) is 31.2 Å². The number of aryl methyl sites for hydroxylation is 1. The van der Waals surface area contributed by atoms with Crippen LogP contribution in [-0.2, 0) is 14.8 Å². The lowest BCUT2D eigenvalue weighted by Gasteiger charge is -2.15. The maximum absolute atomic E-state index is 12.4. The van der Waals surface area contributed by atoms with E-state index in [0.717, 1.165) is 11.3 Å². The van der Waals surface area contributed by atoms with Gasteiger partial charge in [0.1, 0.15) is 11.9 Å². The normalized spacial score (nSPS) is 13.3. The molecule has 2 atom stereocenters. The summed E-state index contributed by atoms with van der Waals surface area (Å²) in [5.41, 5.74) is 0.499. The van der Waals surface area contributed by atoms with Gasteiger partial charge >= 0.3 is 0 Å². The zero-order chi connectivity index (χ0) is 21.0. The van der Waals surface area contributed by atoms with Crippen molar-refractivity contribution in [2.24, 2.45) is 5.92 Å². The van der Waals surface area contributed by atoms with Crippen molar-refractivity contribution in [1.82, 2.24) is 10.1 Å². The van der Waals surface area contributed by atoms with Crippen LogP contribution in [0.2, 0.25) is 0 Å². The van der Waals surface area contributed by atoms with E-state index in [9.17, 15) is 23.6 Å². The van der Waals surface area contributed by atoms with Gasteiger partial charge in [0, 0.05) is 22.8 Å². The van der Waals surface area contributed by atoms with Gasteiger partial charge in [-0.15, -0.1) is 11.3 Å². The standard InChI is InChI=1S/C17H15N5O5S2/c1-10-14(9-20-27-10)15(23)13(8-18)16(24)21-11-2-4-12(5-3-11)29(25,26)22-17-19-6-7-28-17/h2-7,9,13,15,23H,1H3,(H,19,22)(H,21,24). The van der Waals surface area contributed by atoms with Gasteiger partial charge in [-0.1, -0.05) is 5.16 Å². The molecule has 2 unspecified atom stereocenters. The Kier molecular flexibility index (Phi) is 5.92. The molecule has 2 aromatic heterocycles. The van der Waals surface area contributed by atoms with Crippen molar-refractivity contribution in [1.29, 1.82) is 5.26 Å². The van der Waals surface area contributed by atoms with Crippen LogP contribution >= 0.6 is 11.3 Å². The van der Waals surface area contributed by atoms with Crippen molar-refractivity contribution < 1.29 is 22.8 Å². The molecule has 0 saturated heterocycles. The van der Waals surface area contributed by atoms with Crippen LogP contribution in [0.25, 0.3) is 0 Å². The number of carbonyl (C=O) groups excluding carboxylic acids is 1. The number of nitrogens with zero attached hydrogens (tertiary/aromatic N) is 3. The Morgan fingerprint density at radius 1 is 1.34 bits per heavy atom. The molecule has 2 heterocycles. The molecule has 150 valence electrons. The fourth-order valence-corrected chi connectivity index (χ4v) is 4.22. The minimum absolute atomic E-state index is 0.0253. The maximum atomic E-state index is 12.4. The number of thiazole rings is 1. The number of carbonyl (C=O) groups is 1. The number of aliphatic hydroxyl groups excluding tert-OH is 1. The summed E-state index contributed by atoms with van der Waals surface area (Å²) in [6.07, 6.45) is 1.29. The Morgan fingerprint density at radius 2 is 2.07 bits per heavy atom. The summed E-state index contributed by atoms with van der Waals surface area (Å²) in [7, 11) is -3.82. The van der Waals surface area contributed by atoms with E-state index in [1.807, 2.05) is 0 Å². The zero-order valence-electron chi connectivity index (χ0n) is 14.9. The van der Waals surface area contributed by atoms with Crippen LogP contribution in [0.15, 0.2) is 51.5 Å². The molecule has 29 heavy (non-hydrogen) atoms. The number of anilines is 2. The first-order valence-electron chi connectivity index (χ1n) is 8.14. The number of benzene rings is 1. The van der Waals surface area contributed by atoms with Gasteiger partial charge < -0.3 is 14.9 Å². The predicted octanol–water partition coefficient (Wildman–Crippen LogP) is 2.05. The Labute approximate surface area is 169 Å². The van der Waals surface area contributed by atoms with Gasteiger partial charge in [-0.3, -0.25) is 9.52 Å². The number of sulfonamides is 1. The number of nitrogens with one attached hydrogen (secondary N) is 2. The molecule has 0 aliphatic rings. The van der Waals surface area contributed by atoms with Crippen molar-refractivity contribution in [3.63, 3.8) is 0 Å². The molecule has 1 aromatic carbocycles. The van der Waals surface area contributed by atoms with Gasteiger partial charge in [-0.2, -0.15) is 5.26 Å². The predicted molar refractivity (Wildman–Crippen MR) is 103 cm³/mol. The van der Waals surface area contributed by atoms with Gasteiger partial charge in [0.15, 0.2) is 11.0 Å². The second kappa shape index (κ2) is 8.39. The Balaban J connectivity index is 1.71. The van der Waals surface area contributed by atoms with Crippen molar-refractivity contribution in [3.8, 4) is 6.07 Å². The van der Waals surface area contributed by atoms with E-state index in [1.165, 1.54) is 36.7 Å². The highest BCUT2D eigenvalue weighted by atomic mass is 32.2. The number of nitriles is 1. The van der Waals surface area contributed by atoms with E-state index in [2.05, 4.69) is 20.2 Å². The third-order valence-electron chi connectivity index (χ3n) is 3.93. The molecular formula is C17H15N5O5S2. The number of amides is 1. The summed E-state index contributed by atoms with van der Waals surface area (Å²) in [5.74, 6) is -1.87. The molecule has 3 aromatic rings. The van der Waals surface area contributed by atoms with Gasteiger partial charge in [0.05, 0.1) is 17.2 Å². The summed E-state index contributed by atoms with van der Waals surface area (Å²) < 4.78 is 31.8. The SMILES string of the molecule is Cc1oncc1C(O)C(C#N)C(=O)Nc1ccc(S(=O)(=O)Nc2nccs2)cc1. The van der Waals surface area contributed by atoms with E-state index in [0.29, 0.717) is 5.76 Å². The number of hydrogen-bond acceptors (Lipinski definition) is 9. The molecule has 0 aliphatic carbocycles. The van der Waals surface area contributed by atoms with Crippen LogP contribution in [0.1, 0.15) is 17.4 Å². The maximum Gasteiger partial charge on any atom is 0.263 e. The average Bonchev–Trinajstić information content (AvgIpc) is 3.33. The lowest BCUT2D eigenvalue weighted by Crippen LogP contribution is -2.27. The van der Waals surface area contributed by atoms with E-state index in [-0.39, 0.29) is 21.3 Å². The summed E-state index contributed by atoms with van der Waals surface area (Å²) >= 11 is 1.14. The smallest absolute Gasteiger partial charge is 0.263 e. The Bertz CT molecular complexity index is 1130. The second-order valence-electron chi connectivity index (χ2n) is 5.85. The number of rotatable bonds is 7. The van der Waals surface area contributed by atoms with Crippen LogP contribution in [0.5, 0.6) is 0 Å². The van der Waals surface area contributed by atoms with Crippen molar-refractivity contribution in [2.75, 3.05) is 10.0 Å². The van der Waals surface area contributed by atoms with E-state index < -0.39 is 28.0 Å². The molecular weight excluding hydrogens is 418 g/mol. The largest absolute Gasteiger partial charge is 0.386 e. The van der Waals surface area contributed by atoms with Crippen molar-refractivity contribution in [2.45, 2.75) is 17.9 Å². The first kappa shape index (κ1) is 20.5. The molecule has 10 nitrogen and oxygen atoms in total. The van der Waals surface area contributed by atoms with Crippen LogP contribution in [0.3, 0.4) is 0 Å². The molecule has 3 rings (SSSR count). The quantitative estimate of drug-likeness (QED) is 0.511. The summed E-state index contributed by atoms with van der Waals surface area (Å²) in [5, 5.41) is 27.5. The van der Waals surface area contributed by atoms with E-state index in [1.54, 1.807) is 18.4 Å². The fourth-order valence-electron chi connectivity index (χ4n) is 2.43. The number of aliphatic hydroxyl groups is 1. The van der Waals surface area contributed by atoms with Gasteiger partial charge in [-0.25, -0.2) is 13.4 Å². The van der Waals surface area contributed by atoms with Crippen LogP contribution in [0.4, 0.5) is 10.8 Å². The molecule has 0 fully saturated rings. The highest BCUT2D eigenvalue weighted by Gasteiger charge is 2.30. The molecule has 0 radical (unpaired) electrons. The lowest BCUT2D eigenvalue weighted by atomic mass is 9.97. The van der Waals surface area contributed by atoms with E-state index >= 15 is 0 Å². The summed E-state index contributed by atoms with van der Waals surface area (Å²) in [4.78, 5) is 16.2. The lowest BCUT2D eigenvalue weighted by molar-refractivity contribution is -0.121. The van der Waals surface area contributed by atoms with Crippen LogP contribution in [-0.4, -0.2) is 29.6 Å². The molecule has 0 aliphatic heterocycles. The second-order valence-corrected chi connectivity index (χ2v) is 8.42. The minimum Gasteiger partial charge on any atom is -0.386 e. The topological polar surface area (TPSA) is 158 Å². The molecule has 0 saturated carbocycles. The highest BCUT2D eigenvalue weighted by molar-refractivity contribution is 7.93. The molecule has 1 amide bonds. The minimum atomic E-state index is -3.82. The Hall–Kier alpha value is -3.27. The van der Waals surface area contributed by atoms with Crippen LogP contribution in [0, 0.1) is 24.2 Å². The van der Waals surface area contributed by atoms with Crippen LogP contribution < -0.4 is 10.0 Å². The highest BCUT2D eigenvalue weighted by Crippen LogP contribution is 2.26. The Morgan fingerprint density at radius 3 is 2.62 bits per heavy atom. The summed E-state index contributed by atoms with van der Waals surface area (Å²) in [6, 6.07) is 7.10. The van der Waals surface area contributed by atoms with Gasteiger partial charge in [0.25, 0.3) is 10.0 Å². The van der Waals surface area contributed by atoms with Gasteiger partial charge in [0.2, 0.25) is 5.91 Å². The van der Waals surface area contributed by atoms with E-state index in [4.69, 9.17) is 4.52 Å². The first-order valence-corrected chi connectivity index (χ1v) is 10.5. The first-order chi connectivity index (χ1) is 13.8. The molecule has 12 heteroatoms.